The summed E-state index contributed by atoms with van der Waals surface area (Å²) in [7, 11) is 0. The van der Waals surface area contributed by atoms with E-state index in [1.165, 1.54) is 4.52 Å². The highest BCUT2D eigenvalue weighted by atomic mass is 35.5. The van der Waals surface area contributed by atoms with Crippen LogP contribution in [0, 0.1) is 6.92 Å². The molecule has 0 bridgehead atoms. The lowest BCUT2D eigenvalue weighted by molar-refractivity contribution is 0.103. The van der Waals surface area contributed by atoms with E-state index in [1.807, 2.05) is 13.0 Å². The van der Waals surface area contributed by atoms with Crippen molar-refractivity contribution < 1.29 is 4.79 Å². The van der Waals surface area contributed by atoms with Crippen molar-refractivity contribution in [3.63, 3.8) is 0 Å². The first-order chi connectivity index (χ1) is 11.5. The standard InChI is InChI=1S/C17H10ClN3O2S/c1-9-8-10(6-7-12(9)18)14(22)16-20-21-13-5-3-2-4-11(13)15(23)19-17(21)24-16/h2-8H,1H3. The second kappa shape index (κ2) is 5.51. The fourth-order valence-corrected chi connectivity index (χ4v) is 3.48. The molecule has 4 rings (SSSR count). The van der Waals surface area contributed by atoms with Gasteiger partial charge in [-0.3, -0.25) is 9.59 Å². The van der Waals surface area contributed by atoms with Crippen molar-refractivity contribution in [1.29, 1.82) is 0 Å². The molecule has 0 N–H and O–H groups in total. The third kappa shape index (κ3) is 2.31. The molecule has 0 spiro atoms. The zero-order valence-corrected chi connectivity index (χ0v) is 14.1. The SMILES string of the molecule is Cc1cc(C(=O)c2nn3c(nc(=O)c4ccccc43)s2)ccc1Cl. The van der Waals surface area contributed by atoms with E-state index >= 15 is 0 Å². The predicted molar refractivity (Wildman–Crippen MR) is 94.3 cm³/mol. The summed E-state index contributed by atoms with van der Waals surface area (Å²) in [5.41, 5.74) is 1.63. The smallest absolute Gasteiger partial charge is 0.281 e. The van der Waals surface area contributed by atoms with Crippen LogP contribution >= 0.6 is 22.9 Å². The lowest BCUT2D eigenvalue weighted by Crippen LogP contribution is -2.09. The monoisotopic (exact) mass is 355 g/mol. The first-order valence-corrected chi connectivity index (χ1v) is 8.33. The van der Waals surface area contributed by atoms with E-state index in [1.54, 1.807) is 36.4 Å². The Morgan fingerprint density at radius 2 is 2.00 bits per heavy atom. The van der Waals surface area contributed by atoms with Gasteiger partial charge in [0.2, 0.25) is 10.7 Å². The maximum atomic E-state index is 12.7. The van der Waals surface area contributed by atoms with Crippen molar-refractivity contribution in [1.82, 2.24) is 14.6 Å². The Kier molecular flexibility index (Phi) is 3.44. The minimum atomic E-state index is -0.324. The van der Waals surface area contributed by atoms with Crippen LogP contribution in [-0.2, 0) is 0 Å². The Labute approximate surface area is 145 Å². The number of carbonyl (C=O) groups excluding carboxylic acids is 1. The van der Waals surface area contributed by atoms with Gasteiger partial charge in [0.15, 0.2) is 5.01 Å². The maximum Gasteiger partial charge on any atom is 0.281 e. The highest BCUT2D eigenvalue weighted by molar-refractivity contribution is 7.18. The number of hydrogen-bond donors (Lipinski definition) is 0. The number of halogens is 1. The average Bonchev–Trinajstić information content (AvgIpc) is 3.01. The first-order valence-electron chi connectivity index (χ1n) is 7.14. The molecule has 0 radical (unpaired) electrons. The lowest BCUT2D eigenvalue weighted by Gasteiger charge is -2.01. The highest BCUT2D eigenvalue weighted by Crippen LogP contribution is 2.22. The molecular formula is C17H10ClN3O2S. The van der Waals surface area contributed by atoms with Gasteiger partial charge < -0.3 is 0 Å². The molecule has 4 aromatic rings. The molecule has 24 heavy (non-hydrogen) atoms. The van der Waals surface area contributed by atoms with Crippen LogP contribution in [0.2, 0.25) is 5.02 Å². The van der Waals surface area contributed by atoms with Crippen molar-refractivity contribution >= 4 is 44.6 Å². The Bertz CT molecular complexity index is 1180. The molecule has 118 valence electrons. The molecule has 0 aliphatic carbocycles. The van der Waals surface area contributed by atoms with Crippen LogP contribution in [0.5, 0.6) is 0 Å². The van der Waals surface area contributed by atoms with Gasteiger partial charge in [-0.1, -0.05) is 35.1 Å². The van der Waals surface area contributed by atoms with Crippen LogP contribution in [0.25, 0.3) is 15.9 Å². The van der Waals surface area contributed by atoms with Crippen molar-refractivity contribution in [3.05, 3.63) is 74.0 Å². The molecule has 0 aliphatic rings. The summed E-state index contributed by atoms with van der Waals surface area (Å²) in [5.74, 6) is -0.221. The first kappa shape index (κ1) is 15.0. The third-order valence-corrected chi connectivity index (χ3v) is 5.07. The Morgan fingerprint density at radius 1 is 1.21 bits per heavy atom. The van der Waals surface area contributed by atoms with Crippen LogP contribution in [0.15, 0.2) is 47.3 Å². The van der Waals surface area contributed by atoms with Crippen LogP contribution in [0.3, 0.4) is 0 Å². The van der Waals surface area contributed by atoms with E-state index in [0.29, 0.717) is 26.4 Å². The second-order valence-corrected chi connectivity index (χ2v) is 6.69. The van der Waals surface area contributed by atoms with Crippen LogP contribution < -0.4 is 5.56 Å². The molecule has 0 unspecified atom stereocenters. The van der Waals surface area contributed by atoms with Crippen LogP contribution in [0.4, 0.5) is 0 Å². The number of aryl methyl sites for hydroxylation is 1. The lowest BCUT2D eigenvalue weighted by atomic mass is 10.1. The molecule has 7 heteroatoms. The molecule has 0 saturated heterocycles. The Morgan fingerprint density at radius 3 is 2.79 bits per heavy atom. The van der Waals surface area contributed by atoms with E-state index in [9.17, 15) is 9.59 Å². The molecule has 2 aromatic heterocycles. The number of aromatic nitrogens is 3. The van der Waals surface area contributed by atoms with E-state index in [4.69, 9.17) is 11.6 Å². The summed E-state index contributed by atoms with van der Waals surface area (Å²) in [6, 6.07) is 12.1. The maximum absolute atomic E-state index is 12.7. The third-order valence-electron chi connectivity index (χ3n) is 3.73. The number of carbonyl (C=O) groups is 1. The zero-order valence-electron chi connectivity index (χ0n) is 12.5. The minimum absolute atomic E-state index is 0.221. The van der Waals surface area contributed by atoms with Gasteiger partial charge in [0.1, 0.15) is 0 Å². The number of benzene rings is 2. The van der Waals surface area contributed by atoms with Gasteiger partial charge in [0.25, 0.3) is 5.56 Å². The van der Waals surface area contributed by atoms with Gasteiger partial charge in [-0.05, 0) is 42.8 Å². The van der Waals surface area contributed by atoms with Crippen LogP contribution in [0.1, 0.15) is 20.9 Å². The average molecular weight is 356 g/mol. The molecule has 0 aliphatic heterocycles. The molecule has 5 nitrogen and oxygen atoms in total. The number of nitrogens with zero attached hydrogens (tertiary/aromatic N) is 3. The van der Waals surface area contributed by atoms with Gasteiger partial charge in [-0.25, -0.2) is 4.52 Å². The largest absolute Gasteiger partial charge is 0.286 e. The topological polar surface area (TPSA) is 64.3 Å². The van der Waals surface area contributed by atoms with Gasteiger partial charge >= 0.3 is 0 Å². The normalized spacial score (nSPS) is 11.2. The number of hydrogen-bond acceptors (Lipinski definition) is 5. The molecule has 0 amide bonds. The van der Waals surface area contributed by atoms with Crippen LogP contribution in [-0.4, -0.2) is 20.4 Å². The van der Waals surface area contributed by atoms with Gasteiger partial charge in [0, 0.05) is 10.6 Å². The number of rotatable bonds is 2. The quantitative estimate of drug-likeness (QED) is 0.516. The molecular weight excluding hydrogens is 346 g/mol. The molecule has 0 saturated carbocycles. The summed E-state index contributed by atoms with van der Waals surface area (Å²) in [4.78, 5) is 29.2. The second-order valence-electron chi connectivity index (χ2n) is 5.33. The fourth-order valence-electron chi connectivity index (χ4n) is 2.50. The highest BCUT2D eigenvalue weighted by Gasteiger charge is 2.17. The minimum Gasteiger partial charge on any atom is -0.286 e. The van der Waals surface area contributed by atoms with Gasteiger partial charge in [-0.2, -0.15) is 10.1 Å². The zero-order chi connectivity index (χ0) is 16.8. The van der Waals surface area contributed by atoms with Crippen molar-refractivity contribution in [2.75, 3.05) is 0 Å². The van der Waals surface area contributed by atoms with E-state index in [0.717, 1.165) is 16.9 Å². The summed E-state index contributed by atoms with van der Waals surface area (Å²) in [6.45, 7) is 1.84. The summed E-state index contributed by atoms with van der Waals surface area (Å²) >= 11 is 7.10. The summed E-state index contributed by atoms with van der Waals surface area (Å²) in [5, 5.41) is 5.72. The number of fused-ring (bicyclic) bond motifs is 3. The Balaban J connectivity index is 1.91. The predicted octanol–water partition coefficient (Wildman–Crippen LogP) is 3.50. The molecule has 0 atom stereocenters. The van der Waals surface area contributed by atoms with Crippen molar-refractivity contribution in [3.8, 4) is 0 Å². The summed E-state index contributed by atoms with van der Waals surface area (Å²) in [6.07, 6.45) is 0. The van der Waals surface area contributed by atoms with E-state index in [2.05, 4.69) is 10.1 Å². The fraction of sp³-hybridized carbons (Fsp3) is 0.0588. The van der Waals surface area contributed by atoms with Gasteiger partial charge in [-0.15, -0.1) is 0 Å². The van der Waals surface area contributed by atoms with Gasteiger partial charge in [0.05, 0.1) is 10.9 Å². The van der Waals surface area contributed by atoms with Crippen molar-refractivity contribution in [2.45, 2.75) is 6.92 Å². The molecule has 0 fully saturated rings. The van der Waals surface area contributed by atoms with E-state index in [-0.39, 0.29) is 16.4 Å². The number of para-hydroxylation sites is 1. The van der Waals surface area contributed by atoms with E-state index < -0.39 is 0 Å². The molecule has 2 heterocycles. The molecule has 2 aromatic carbocycles. The number of ketones is 1. The Hall–Kier alpha value is -2.57. The summed E-state index contributed by atoms with van der Waals surface area (Å²) < 4.78 is 1.54. The van der Waals surface area contributed by atoms with Crippen molar-refractivity contribution in [2.24, 2.45) is 0 Å².